The summed E-state index contributed by atoms with van der Waals surface area (Å²) in [5, 5.41) is 16.0. The second-order valence-corrected chi connectivity index (χ2v) is 6.09. The molecule has 1 aliphatic carbocycles. The molecule has 2 amide bonds. The van der Waals surface area contributed by atoms with Crippen LogP contribution in [0.3, 0.4) is 0 Å². The lowest BCUT2D eigenvalue weighted by Gasteiger charge is -2.12. The molecule has 0 saturated heterocycles. The minimum absolute atomic E-state index is 0.167. The molecule has 1 heterocycles. The lowest BCUT2D eigenvalue weighted by molar-refractivity contribution is 0.251. The fourth-order valence-electron chi connectivity index (χ4n) is 2.63. The minimum atomic E-state index is -0.518. The number of hydrogen-bond acceptors (Lipinski definition) is 4. The molecule has 1 saturated carbocycles. The van der Waals surface area contributed by atoms with Crippen molar-refractivity contribution in [3.8, 4) is 11.5 Å². The highest BCUT2D eigenvalue weighted by molar-refractivity contribution is 6.30. The van der Waals surface area contributed by atoms with E-state index in [4.69, 9.17) is 16.3 Å². The number of carbonyl (C=O) groups excluding carboxylic acids is 1. The maximum atomic E-state index is 14.1. The lowest BCUT2D eigenvalue weighted by Crippen LogP contribution is -2.31. The topological polar surface area (TPSA) is 83.5 Å². The van der Waals surface area contributed by atoms with Gasteiger partial charge >= 0.3 is 6.03 Å². The van der Waals surface area contributed by atoms with Crippen LogP contribution in [0.25, 0.3) is 0 Å². The number of ether oxygens (including phenoxy) is 1. The molecule has 25 heavy (non-hydrogen) atoms. The number of urea groups is 1. The van der Waals surface area contributed by atoms with E-state index in [0.29, 0.717) is 23.9 Å². The summed E-state index contributed by atoms with van der Waals surface area (Å²) < 4.78 is 19.4. The summed E-state index contributed by atoms with van der Waals surface area (Å²) in [6, 6.07) is 5.10. The van der Waals surface area contributed by atoms with E-state index in [-0.39, 0.29) is 29.0 Å². The zero-order chi connectivity index (χ0) is 18.0. The number of halogens is 2. The Kier molecular flexibility index (Phi) is 4.94. The maximum Gasteiger partial charge on any atom is 0.320 e. The number of rotatable bonds is 5. The highest BCUT2D eigenvalue weighted by Gasteiger charge is 2.43. The molecular formula is C17H17ClFN3O3. The van der Waals surface area contributed by atoms with Crippen molar-refractivity contribution in [2.45, 2.75) is 25.3 Å². The van der Waals surface area contributed by atoms with Crippen LogP contribution < -0.4 is 15.4 Å². The van der Waals surface area contributed by atoms with E-state index in [1.807, 2.05) is 0 Å². The summed E-state index contributed by atoms with van der Waals surface area (Å²) in [7, 11) is 0. The van der Waals surface area contributed by atoms with Crippen molar-refractivity contribution in [2.75, 3.05) is 11.9 Å². The van der Waals surface area contributed by atoms with Crippen molar-refractivity contribution < 1.29 is 19.0 Å². The molecule has 6 nitrogen and oxygen atoms in total. The molecule has 0 bridgehead atoms. The quantitative estimate of drug-likeness (QED) is 0.755. The summed E-state index contributed by atoms with van der Waals surface area (Å²) in [5.74, 6) is -0.443. The second kappa shape index (κ2) is 7.14. The van der Waals surface area contributed by atoms with Gasteiger partial charge in [0.05, 0.1) is 11.6 Å². The van der Waals surface area contributed by atoms with Crippen LogP contribution in [-0.2, 0) is 0 Å². The number of aromatic hydroxyl groups is 1. The number of phenolic OH excluding ortho intramolecular Hbond substituents is 1. The smallest absolute Gasteiger partial charge is 0.320 e. The Morgan fingerprint density at radius 1 is 1.44 bits per heavy atom. The van der Waals surface area contributed by atoms with Crippen LogP contribution in [0.4, 0.5) is 15.0 Å². The average Bonchev–Trinajstić information content (AvgIpc) is 3.31. The molecule has 3 rings (SSSR count). The predicted molar refractivity (Wildman–Crippen MR) is 91.8 cm³/mol. The third-order valence-corrected chi connectivity index (χ3v) is 4.10. The Morgan fingerprint density at radius 2 is 2.24 bits per heavy atom. The molecule has 0 spiro atoms. The number of benzene rings is 1. The molecule has 8 heteroatoms. The van der Waals surface area contributed by atoms with Crippen LogP contribution in [0.5, 0.6) is 11.5 Å². The normalized spacial score (nSPS) is 18.5. The van der Waals surface area contributed by atoms with Gasteiger partial charge in [-0.15, -0.1) is 0 Å². The number of pyridine rings is 1. The zero-order valence-corrected chi connectivity index (χ0v) is 14.2. The van der Waals surface area contributed by atoms with Gasteiger partial charge in [-0.2, -0.15) is 0 Å². The molecule has 1 fully saturated rings. The number of amides is 2. The van der Waals surface area contributed by atoms with Gasteiger partial charge in [-0.3, -0.25) is 5.32 Å². The van der Waals surface area contributed by atoms with Gasteiger partial charge in [0.1, 0.15) is 11.6 Å². The molecule has 1 aromatic heterocycles. The van der Waals surface area contributed by atoms with Crippen LogP contribution in [0.2, 0.25) is 5.02 Å². The highest BCUT2D eigenvalue weighted by Crippen LogP contribution is 2.48. The van der Waals surface area contributed by atoms with Gasteiger partial charge in [-0.05, 0) is 37.6 Å². The molecule has 2 unspecified atom stereocenters. The molecule has 0 radical (unpaired) electrons. The largest absolute Gasteiger partial charge is 0.504 e. The van der Waals surface area contributed by atoms with Crippen molar-refractivity contribution in [1.29, 1.82) is 0 Å². The standard InChI is InChI=1S/C17H17ClFN3O3/c1-2-25-13-5-4-11(19)15(16(13)23)10-7-12(10)21-17(24)22-14-6-3-9(18)8-20-14/h3-6,8,10,12,23H,2,7H2,1H3,(H2,20,21,22,24). The Bertz CT molecular complexity index is 785. The maximum absolute atomic E-state index is 14.1. The minimum Gasteiger partial charge on any atom is -0.504 e. The Morgan fingerprint density at radius 3 is 2.92 bits per heavy atom. The van der Waals surface area contributed by atoms with Crippen molar-refractivity contribution in [3.63, 3.8) is 0 Å². The van der Waals surface area contributed by atoms with E-state index < -0.39 is 11.8 Å². The van der Waals surface area contributed by atoms with E-state index in [1.54, 1.807) is 19.1 Å². The summed E-state index contributed by atoms with van der Waals surface area (Å²) in [6.07, 6.45) is 1.95. The Hall–Kier alpha value is -2.54. The van der Waals surface area contributed by atoms with Crippen LogP contribution >= 0.6 is 11.6 Å². The number of aromatic nitrogens is 1. The first-order chi connectivity index (χ1) is 12.0. The van der Waals surface area contributed by atoms with E-state index in [1.165, 1.54) is 18.3 Å². The van der Waals surface area contributed by atoms with Crippen LogP contribution in [0.15, 0.2) is 30.5 Å². The summed E-state index contributed by atoms with van der Waals surface area (Å²) in [5.41, 5.74) is 0.167. The fraction of sp³-hybridized carbons (Fsp3) is 0.294. The Labute approximate surface area is 149 Å². The fourth-order valence-corrected chi connectivity index (χ4v) is 2.74. The zero-order valence-electron chi connectivity index (χ0n) is 13.4. The van der Waals surface area contributed by atoms with Crippen molar-refractivity contribution in [3.05, 3.63) is 46.9 Å². The van der Waals surface area contributed by atoms with Crippen molar-refractivity contribution in [2.24, 2.45) is 0 Å². The molecule has 2 aromatic rings. The third kappa shape index (κ3) is 3.93. The first-order valence-electron chi connectivity index (χ1n) is 7.82. The number of phenols is 1. The van der Waals surface area contributed by atoms with Crippen LogP contribution in [0.1, 0.15) is 24.8 Å². The van der Waals surface area contributed by atoms with Gasteiger partial charge in [-0.25, -0.2) is 14.2 Å². The highest BCUT2D eigenvalue weighted by atomic mass is 35.5. The van der Waals surface area contributed by atoms with E-state index in [9.17, 15) is 14.3 Å². The van der Waals surface area contributed by atoms with Gasteiger partial charge in [0, 0.05) is 23.7 Å². The van der Waals surface area contributed by atoms with Gasteiger partial charge in [0.2, 0.25) is 0 Å². The number of carbonyl (C=O) groups is 1. The molecule has 1 aliphatic rings. The first kappa shape index (κ1) is 17.3. The van der Waals surface area contributed by atoms with Gasteiger partial charge in [0.25, 0.3) is 0 Å². The number of nitrogens with one attached hydrogen (secondary N) is 2. The molecule has 0 aliphatic heterocycles. The van der Waals surface area contributed by atoms with Crippen LogP contribution in [-0.4, -0.2) is 28.8 Å². The monoisotopic (exact) mass is 365 g/mol. The van der Waals surface area contributed by atoms with Crippen LogP contribution in [0, 0.1) is 5.82 Å². The number of hydrogen-bond donors (Lipinski definition) is 3. The van der Waals surface area contributed by atoms with Gasteiger partial charge in [0.15, 0.2) is 11.5 Å². The molecule has 1 aromatic carbocycles. The number of nitrogens with zero attached hydrogens (tertiary/aromatic N) is 1. The van der Waals surface area contributed by atoms with E-state index >= 15 is 0 Å². The molecular weight excluding hydrogens is 349 g/mol. The SMILES string of the molecule is CCOc1ccc(F)c(C2CC2NC(=O)Nc2ccc(Cl)cn2)c1O. The summed E-state index contributed by atoms with van der Waals surface area (Å²) in [4.78, 5) is 16.0. The Balaban J connectivity index is 1.64. The molecule has 2 atom stereocenters. The summed E-state index contributed by atoms with van der Waals surface area (Å²) in [6.45, 7) is 2.14. The summed E-state index contributed by atoms with van der Waals surface area (Å²) >= 11 is 5.73. The van der Waals surface area contributed by atoms with Gasteiger partial charge in [-0.1, -0.05) is 11.6 Å². The average molecular weight is 366 g/mol. The molecule has 3 N–H and O–H groups in total. The lowest BCUT2D eigenvalue weighted by atomic mass is 10.1. The number of anilines is 1. The van der Waals surface area contributed by atoms with Crippen molar-refractivity contribution >= 4 is 23.4 Å². The first-order valence-corrected chi connectivity index (χ1v) is 8.20. The predicted octanol–water partition coefficient (Wildman–Crippen LogP) is 3.66. The molecule has 132 valence electrons. The van der Waals surface area contributed by atoms with Gasteiger partial charge < -0.3 is 15.2 Å². The van der Waals surface area contributed by atoms with E-state index in [0.717, 1.165) is 0 Å². The van der Waals surface area contributed by atoms with Crippen molar-refractivity contribution in [1.82, 2.24) is 10.3 Å². The third-order valence-electron chi connectivity index (χ3n) is 3.87. The van der Waals surface area contributed by atoms with E-state index in [2.05, 4.69) is 15.6 Å². The second-order valence-electron chi connectivity index (χ2n) is 5.65.